The molecule has 1 aliphatic heterocycles. The van der Waals surface area contributed by atoms with Crippen LogP contribution in [0.1, 0.15) is 54.2 Å². The molecule has 3 aromatic carbocycles. The van der Waals surface area contributed by atoms with Crippen molar-refractivity contribution in [2.45, 2.75) is 51.2 Å². The summed E-state index contributed by atoms with van der Waals surface area (Å²) in [5.74, 6) is 1.47. The molecule has 4 aromatic rings. The van der Waals surface area contributed by atoms with Crippen LogP contribution in [0.2, 0.25) is 0 Å². The van der Waals surface area contributed by atoms with Crippen molar-refractivity contribution in [3.63, 3.8) is 0 Å². The normalized spacial score (nSPS) is 14.1. The van der Waals surface area contributed by atoms with Gasteiger partial charge in [0.1, 0.15) is 12.4 Å². The number of aromatic amines is 1. The summed E-state index contributed by atoms with van der Waals surface area (Å²) in [6, 6.07) is 24.8. The number of rotatable bonds is 12. The van der Waals surface area contributed by atoms with Gasteiger partial charge in [-0.05, 0) is 48.4 Å². The minimum Gasteiger partial charge on any atom is -0.489 e. The topological polar surface area (TPSA) is 117 Å². The molecule has 10 heteroatoms. The van der Waals surface area contributed by atoms with Gasteiger partial charge in [-0.25, -0.2) is 4.85 Å². The predicted octanol–water partition coefficient (Wildman–Crippen LogP) is 4.99. The summed E-state index contributed by atoms with van der Waals surface area (Å²) in [5.41, 5.74) is 3.76. The number of H-pyrrole nitrogens is 1. The molecule has 2 N–H and O–H groups in total. The van der Waals surface area contributed by atoms with E-state index in [1.807, 2.05) is 71.6 Å². The molecule has 1 atom stereocenters. The standard InChI is InChI=1S/C33H35N7O3/c1-34-28-12-7-24(8-13-28)11-16-32(42)40-19-17-26(18-20-40)22-31(41)35-30(33-36-38-39-37-33)21-25-9-14-29(15-10-25)43-23-27-5-3-2-4-6-27/h2-10,12-15,26,30H,11,16-23H2,(H,35,41)(H,36,37,38,39)/t30-/m0/s1. The van der Waals surface area contributed by atoms with Crippen LogP contribution in [0, 0.1) is 12.5 Å². The van der Waals surface area contributed by atoms with E-state index >= 15 is 0 Å². The molecule has 2 heterocycles. The van der Waals surface area contributed by atoms with Crippen molar-refractivity contribution in [3.05, 3.63) is 113 Å². The lowest BCUT2D eigenvalue weighted by Crippen LogP contribution is -2.40. The summed E-state index contributed by atoms with van der Waals surface area (Å²) in [5, 5.41) is 17.5. The number of aromatic nitrogens is 4. The number of nitrogens with one attached hydrogen (secondary N) is 2. The summed E-state index contributed by atoms with van der Waals surface area (Å²) in [7, 11) is 0. The van der Waals surface area contributed by atoms with E-state index in [1.54, 1.807) is 12.1 Å². The molecule has 1 aliphatic rings. The van der Waals surface area contributed by atoms with Crippen molar-refractivity contribution < 1.29 is 14.3 Å². The van der Waals surface area contributed by atoms with E-state index in [-0.39, 0.29) is 17.7 Å². The number of piperidine rings is 1. The van der Waals surface area contributed by atoms with E-state index < -0.39 is 6.04 Å². The van der Waals surface area contributed by atoms with Crippen molar-refractivity contribution in [1.29, 1.82) is 0 Å². The zero-order valence-electron chi connectivity index (χ0n) is 24.0. The van der Waals surface area contributed by atoms with E-state index in [0.29, 0.717) is 56.9 Å². The van der Waals surface area contributed by atoms with Crippen LogP contribution in [0.15, 0.2) is 78.9 Å². The Labute approximate surface area is 251 Å². The average Bonchev–Trinajstić information content (AvgIpc) is 3.59. The van der Waals surface area contributed by atoms with Gasteiger partial charge in [0.05, 0.1) is 12.6 Å². The fraction of sp³-hybridized carbons (Fsp3) is 0.333. The number of ether oxygens (including phenoxy) is 1. The number of carbonyl (C=O) groups is 2. The Bertz CT molecular complexity index is 1490. The minimum atomic E-state index is -0.423. The van der Waals surface area contributed by atoms with Gasteiger partial charge in [-0.1, -0.05) is 77.5 Å². The molecule has 1 saturated heterocycles. The maximum atomic E-state index is 13.1. The van der Waals surface area contributed by atoms with Crippen molar-refractivity contribution in [3.8, 4) is 5.75 Å². The van der Waals surface area contributed by atoms with Gasteiger partial charge in [0.15, 0.2) is 11.5 Å². The van der Waals surface area contributed by atoms with Crippen LogP contribution < -0.4 is 10.1 Å². The van der Waals surface area contributed by atoms with Crippen molar-refractivity contribution >= 4 is 17.5 Å². The molecular formula is C33H35N7O3. The largest absolute Gasteiger partial charge is 0.489 e. The Morgan fingerprint density at radius 3 is 2.37 bits per heavy atom. The molecule has 0 saturated carbocycles. The average molecular weight is 578 g/mol. The Kier molecular flexibility index (Phi) is 10.1. The van der Waals surface area contributed by atoms with Gasteiger partial charge < -0.3 is 15.0 Å². The van der Waals surface area contributed by atoms with Crippen LogP contribution in [0.25, 0.3) is 4.85 Å². The Hall–Kier alpha value is -5.04. The number of nitrogens with zero attached hydrogens (tertiary/aromatic N) is 5. The first kappa shape index (κ1) is 29.5. The summed E-state index contributed by atoms with van der Waals surface area (Å²) in [4.78, 5) is 31.2. The molecule has 1 fully saturated rings. The first-order valence-corrected chi connectivity index (χ1v) is 14.6. The highest BCUT2D eigenvalue weighted by atomic mass is 16.5. The zero-order chi connectivity index (χ0) is 29.9. The van der Waals surface area contributed by atoms with Gasteiger partial charge >= 0.3 is 0 Å². The Balaban J connectivity index is 1.07. The van der Waals surface area contributed by atoms with E-state index in [1.165, 1.54) is 0 Å². The van der Waals surface area contributed by atoms with Gasteiger partial charge in [0.2, 0.25) is 11.8 Å². The molecule has 0 spiro atoms. The van der Waals surface area contributed by atoms with E-state index in [0.717, 1.165) is 35.3 Å². The number of amides is 2. The third kappa shape index (κ3) is 8.72. The molecule has 0 bridgehead atoms. The molecule has 1 aromatic heterocycles. The fourth-order valence-corrected chi connectivity index (χ4v) is 5.27. The minimum absolute atomic E-state index is 0.0646. The number of hydrogen-bond donors (Lipinski definition) is 2. The number of carbonyl (C=O) groups excluding carboxylic acids is 2. The second-order valence-corrected chi connectivity index (χ2v) is 10.8. The quantitative estimate of drug-likeness (QED) is 0.229. The number of aryl methyl sites for hydroxylation is 1. The van der Waals surface area contributed by atoms with E-state index in [4.69, 9.17) is 11.3 Å². The summed E-state index contributed by atoms with van der Waals surface area (Å²) < 4.78 is 5.89. The lowest BCUT2D eigenvalue weighted by atomic mass is 9.92. The Morgan fingerprint density at radius 2 is 1.70 bits per heavy atom. The predicted molar refractivity (Wildman–Crippen MR) is 161 cm³/mol. The lowest BCUT2D eigenvalue weighted by molar-refractivity contribution is -0.132. The van der Waals surface area contributed by atoms with Crippen LogP contribution in [0.3, 0.4) is 0 Å². The van der Waals surface area contributed by atoms with E-state index in [9.17, 15) is 9.59 Å². The smallest absolute Gasteiger partial charge is 0.222 e. The first-order valence-electron chi connectivity index (χ1n) is 14.6. The Morgan fingerprint density at radius 1 is 0.977 bits per heavy atom. The summed E-state index contributed by atoms with van der Waals surface area (Å²) >= 11 is 0. The number of hydrogen-bond acceptors (Lipinski definition) is 6. The van der Waals surface area contributed by atoms with Gasteiger partial charge in [-0.2, -0.15) is 5.21 Å². The maximum absolute atomic E-state index is 13.1. The third-order valence-corrected chi connectivity index (χ3v) is 7.75. The van der Waals surface area contributed by atoms with Crippen LogP contribution in [0.4, 0.5) is 5.69 Å². The number of likely N-dealkylation sites (tertiary alicyclic amines) is 1. The monoisotopic (exact) mass is 577 g/mol. The molecule has 2 amide bonds. The number of benzene rings is 3. The maximum Gasteiger partial charge on any atom is 0.222 e. The molecule has 0 radical (unpaired) electrons. The third-order valence-electron chi connectivity index (χ3n) is 7.75. The van der Waals surface area contributed by atoms with Crippen LogP contribution in [-0.4, -0.2) is 50.4 Å². The molecule has 10 nitrogen and oxygen atoms in total. The second kappa shape index (κ2) is 14.7. The van der Waals surface area contributed by atoms with E-state index in [2.05, 4.69) is 30.8 Å². The molecule has 0 unspecified atom stereocenters. The van der Waals surface area contributed by atoms with Crippen LogP contribution >= 0.6 is 0 Å². The summed E-state index contributed by atoms with van der Waals surface area (Å²) in [6.07, 6.45) is 3.57. The lowest BCUT2D eigenvalue weighted by Gasteiger charge is -2.32. The summed E-state index contributed by atoms with van der Waals surface area (Å²) in [6.45, 7) is 8.85. The SMILES string of the molecule is [C-]#[N+]c1ccc(CCC(=O)N2CCC(CC(=O)N[C@@H](Cc3ccc(OCc4ccccc4)cc3)c3nn[nH]n3)CC2)cc1. The molecule has 43 heavy (non-hydrogen) atoms. The molecule has 0 aliphatic carbocycles. The highest BCUT2D eigenvalue weighted by molar-refractivity contribution is 5.77. The van der Waals surface area contributed by atoms with Gasteiger partial charge in [0, 0.05) is 32.4 Å². The molecular weight excluding hydrogens is 542 g/mol. The zero-order valence-corrected chi connectivity index (χ0v) is 24.0. The number of tetrazole rings is 1. The molecule has 5 rings (SSSR count). The highest BCUT2D eigenvalue weighted by Gasteiger charge is 2.26. The molecule has 220 valence electrons. The van der Waals surface area contributed by atoms with Gasteiger partial charge in [-0.3, -0.25) is 9.59 Å². The van der Waals surface area contributed by atoms with Gasteiger partial charge in [0.25, 0.3) is 0 Å². The fourth-order valence-electron chi connectivity index (χ4n) is 5.27. The van der Waals surface area contributed by atoms with Crippen molar-refractivity contribution in [1.82, 2.24) is 30.8 Å². The highest BCUT2D eigenvalue weighted by Crippen LogP contribution is 2.24. The van der Waals surface area contributed by atoms with Gasteiger partial charge in [-0.15, -0.1) is 10.2 Å². The second-order valence-electron chi connectivity index (χ2n) is 10.8. The van der Waals surface area contributed by atoms with Crippen LogP contribution in [0.5, 0.6) is 5.75 Å². The van der Waals surface area contributed by atoms with Crippen molar-refractivity contribution in [2.75, 3.05) is 13.1 Å². The van der Waals surface area contributed by atoms with Crippen LogP contribution in [-0.2, 0) is 29.0 Å². The first-order chi connectivity index (χ1) is 21.1. The van der Waals surface area contributed by atoms with Crippen molar-refractivity contribution in [2.24, 2.45) is 5.92 Å².